The van der Waals surface area contributed by atoms with Crippen molar-refractivity contribution < 1.29 is 13.9 Å². The number of nitriles is 1. The van der Waals surface area contributed by atoms with Crippen LogP contribution in [0.2, 0.25) is 0 Å². The van der Waals surface area contributed by atoms with Crippen molar-refractivity contribution in [1.82, 2.24) is 4.90 Å². The van der Waals surface area contributed by atoms with Gasteiger partial charge in [-0.15, -0.1) is 0 Å². The summed E-state index contributed by atoms with van der Waals surface area (Å²) in [4.78, 5) is 12.6. The molecular weight excluding hydrogens is 211 g/mol. The monoisotopic (exact) mass is 220 g/mol. The van der Waals surface area contributed by atoms with Gasteiger partial charge in [0.15, 0.2) is 0 Å². The number of hydrogen-bond acceptors (Lipinski definition) is 3. The number of cyclic esters (lactones) is 1. The number of benzene rings is 1. The third-order valence-electron chi connectivity index (χ3n) is 2.31. The highest BCUT2D eigenvalue weighted by Crippen LogP contribution is 2.13. The van der Waals surface area contributed by atoms with Gasteiger partial charge in [0.2, 0.25) is 0 Å². The molecule has 2 rings (SSSR count). The fraction of sp³-hybridized carbons (Fsp3) is 0.273. The molecule has 1 aliphatic heterocycles. The van der Waals surface area contributed by atoms with Gasteiger partial charge >= 0.3 is 6.09 Å². The molecule has 1 amide bonds. The van der Waals surface area contributed by atoms with Crippen molar-refractivity contribution in [3.63, 3.8) is 0 Å². The maximum Gasteiger partial charge on any atom is 0.410 e. The smallest absolute Gasteiger partial charge is 0.410 e. The molecule has 0 unspecified atom stereocenters. The second-order valence-electron chi connectivity index (χ2n) is 3.50. The average Bonchev–Trinajstić information content (AvgIpc) is 2.63. The van der Waals surface area contributed by atoms with Crippen molar-refractivity contribution in [2.24, 2.45) is 0 Å². The van der Waals surface area contributed by atoms with E-state index in [-0.39, 0.29) is 12.1 Å². The second kappa shape index (κ2) is 4.19. The number of nitrogens with zero attached hydrogens (tertiary/aromatic N) is 2. The number of carbonyl (C=O) groups excluding carboxylic acids is 1. The highest BCUT2D eigenvalue weighted by atomic mass is 19.1. The van der Waals surface area contributed by atoms with Gasteiger partial charge in [-0.3, -0.25) is 0 Å². The fourth-order valence-electron chi connectivity index (χ4n) is 1.60. The van der Waals surface area contributed by atoms with Crippen molar-refractivity contribution in [3.8, 4) is 6.07 Å². The zero-order chi connectivity index (χ0) is 11.5. The summed E-state index contributed by atoms with van der Waals surface area (Å²) >= 11 is 0. The van der Waals surface area contributed by atoms with E-state index in [9.17, 15) is 9.18 Å². The molecule has 1 heterocycles. The van der Waals surface area contributed by atoms with E-state index in [1.54, 1.807) is 6.07 Å². The van der Waals surface area contributed by atoms with Gasteiger partial charge in [-0.25, -0.2) is 9.18 Å². The predicted molar refractivity (Wildman–Crippen MR) is 52.9 cm³/mol. The molecule has 0 N–H and O–H groups in total. The zero-order valence-electron chi connectivity index (χ0n) is 8.44. The first-order valence-electron chi connectivity index (χ1n) is 4.80. The molecule has 0 radical (unpaired) electrons. The second-order valence-corrected chi connectivity index (χ2v) is 3.50. The lowest BCUT2D eigenvalue weighted by molar-refractivity contribution is 0.157. The molecule has 4 nitrogen and oxygen atoms in total. The number of ether oxygens (including phenoxy) is 1. The van der Waals surface area contributed by atoms with Gasteiger partial charge in [0, 0.05) is 6.54 Å². The SMILES string of the molecule is N#Cc1cc(F)cc(CN2CCOC2=O)c1. The van der Waals surface area contributed by atoms with Crippen molar-refractivity contribution in [3.05, 3.63) is 35.1 Å². The van der Waals surface area contributed by atoms with Crippen LogP contribution >= 0.6 is 0 Å². The molecule has 0 aliphatic carbocycles. The molecule has 0 aromatic heterocycles. The summed E-state index contributed by atoms with van der Waals surface area (Å²) in [5.74, 6) is -0.471. The van der Waals surface area contributed by atoms with Gasteiger partial charge < -0.3 is 9.64 Å². The quantitative estimate of drug-likeness (QED) is 0.761. The molecule has 82 valence electrons. The molecule has 0 bridgehead atoms. The normalized spacial score (nSPS) is 14.8. The summed E-state index contributed by atoms with van der Waals surface area (Å²) in [6, 6.07) is 5.90. The van der Waals surface area contributed by atoms with Crippen LogP contribution < -0.4 is 0 Å². The topological polar surface area (TPSA) is 53.3 Å². The fourth-order valence-corrected chi connectivity index (χ4v) is 1.60. The lowest BCUT2D eigenvalue weighted by Gasteiger charge is -2.12. The lowest BCUT2D eigenvalue weighted by Crippen LogP contribution is -2.23. The Labute approximate surface area is 91.8 Å². The summed E-state index contributed by atoms with van der Waals surface area (Å²) < 4.78 is 17.9. The van der Waals surface area contributed by atoms with Crippen LogP contribution in [0.5, 0.6) is 0 Å². The molecule has 0 atom stereocenters. The third-order valence-corrected chi connectivity index (χ3v) is 2.31. The van der Waals surface area contributed by atoms with Crippen molar-refractivity contribution in [1.29, 1.82) is 5.26 Å². The highest BCUT2D eigenvalue weighted by molar-refractivity contribution is 5.69. The van der Waals surface area contributed by atoms with Crippen LogP contribution in [-0.4, -0.2) is 24.1 Å². The Hall–Kier alpha value is -2.09. The van der Waals surface area contributed by atoms with Crippen LogP contribution in [0, 0.1) is 17.1 Å². The first kappa shape index (κ1) is 10.4. The number of halogens is 1. The van der Waals surface area contributed by atoms with Crippen LogP contribution in [-0.2, 0) is 11.3 Å². The molecule has 0 spiro atoms. The Morgan fingerprint density at radius 1 is 1.50 bits per heavy atom. The van der Waals surface area contributed by atoms with Crippen molar-refractivity contribution >= 4 is 6.09 Å². The lowest BCUT2D eigenvalue weighted by atomic mass is 10.1. The van der Waals surface area contributed by atoms with Crippen LogP contribution in [0.25, 0.3) is 0 Å². The highest BCUT2D eigenvalue weighted by Gasteiger charge is 2.21. The summed E-state index contributed by atoms with van der Waals surface area (Å²) in [5, 5.41) is 8.68. The van der Waals surface area contributed by atoms with Gasteiger partial charge in [0.1, 0.15) is 12.4 Å². The van der Waals surface area contributed by atoms with Crippen LogP contribution in [0.3, 0.4) is 0 Å². The van der Waals surface area contributed by atoms with E-state index in [4.69, 9.17) is 10.00 Å². The van der Waals surface area contributed by atoms with Gasteiger partial charge in [0.05, 0.1) is 18.2 Å². The minimum absolute atomic E-state index is 0.252. The number of carbonyl (C=O) groups is 1. The van der Waals surface area contributed by atoms with E-state index in [2.05, 4.69) is 0 Å². The Kier molecular flexibility index (Phi) is 2.73. The van der Waals surface area contributed by atoms with Gasteiger partial charge in [-0.1, -0.05) is 0 Å². The minimum Gasteiger partial charge on any atom is -0.448 e. The maximum absolute atomic E-state index is 13.1. The number of rotatable bonds is 2. The molecular formula is C11H9FN2O2. The maximum atomic E-state index is 13.1. The van der Waals surface area contributed by atoms with Crippen molar-refractivity contribution in [2.45, 2.75) is 6.54 Å². The van der Waals surface area contributed by atoms with Gasteiger partial charge in [-0.05, 0) is 23.8 Å². The molecule has 1 aromatic rings. The molecule has 1 aliphatic rings. The van der Waals surface area contributed by atoms with E-state index in [1.165, 1.54) is 11.0 Å². The summed E-state index contributed by atoms with van der Waals surface area (Å²) in [7, 11) is 0. The summed E-state index contributed by atoms with van der Waals surface area (Å²) in [6.07, 6.45) is -0.400. The van der Waals surface area contributed by atoms with E-state index in [0.717, 1.165) is 6.07 Å². The van der Waals surface area contributed by atoms with Gasteiger partial charge in [-0.2, -0.15) is 5.26 Å². The third kappa shape index (κ3) is 2.11. The average molecular weight is 220 g/mol. The largest absolute Gasteiger partial charge is 0.448 e. The number of amides is 1. The molecule has 1 saturated heterocycles. The molecule has 0 saturated carbocycles. The van der Waals surface area contributed by atoms with Crippen molar-refractivity contribution in [2.75, 3.05) is 13.2 Å². The molecule has 1 aromatic carbocycles. The summed E-state index contributed by atoms with van der Waals surface area (Å²) in [6.45, 7) is 1.13. The minimum atomic E-state index is -0.471. The van der Waals surface area contributed by atoms with E-state index < -0.39 is 11.9 Å². The first-order valence-corrected chi connectivity index (χ1v) is 4.80. The Bertz CT molecular complexity index is 468. The molecule has 16 heavy (non-hydrogen) atoms. The summed E-state index contributed by atoms with van der Waals surface area (Å²) in [5.41, 5.74) is 0.845. The van der Waals surface area contributed by atoms with Crippen LogP contribution in [0.15, 0.2) is 18.2 Å². The Morgan fingerprint density at radius 3 is 2.94 bits per heavy atom. The van der Waals surface area contributed by atoms with E-state index >= 15 is 0 Å². The zero-order valence-corrected chi connectivity index (χ0v) is 8.44. The van der Waals surface area contributed by atoms with Crippen LogP contribution in [0.4, 0.5) is 9.18 Å². The molecule has 5 heteroatoms. The Morgan fingerprint density at radius 2 is 2.31 bits per heavy atom. The van der Waals surface area contributed by atoms with Gasteiger partial charge in [0.25, 0.3) is 0 Å². The Balaban J connectivity index is 2.18. The number of hydrogen-bond donors (Lipinski definition) is 0. The van der Waals surface area contributed by atoms with Crippen LogP contribution in [0.1, 0.15) is 11.1 Å². The molecule has 1 fully saturated rings. The standard InChI is InChI=1S/C11H9FN2O2/c12-10-4-8(6-13)3-9(5-10)7-14-1-2-16-11(14)15/h3-5H,1-2,7H2. The first-order chi connectivity index (χ1) is 7.69. The van der Waals surface area contributed by atoms with E-state index in [1.807, 2.05) is 6.07 Å². The predicted octanol–water partition coefficient (Wildman–Crippen LogP) is 1.65. The van der Waals surface area contributed by atoms with E-state index in [0.29, 0.717) is 18.7 Å².